The molecule has 0 aliphatic heterocycles. The van der Waals surface area contributed by atoms with E-state index in [1.165, 1.54) is 6.07 Å². The normalized spacial score (nSPS) is 12.0. The lowest BCUT2D eigenvalue weighted by molar-refractivity contribution is -0.136. The summed E-state index contributed by atoms with van der Waals surface area (Å²) >= 11 is 1.76. The van der Waals surface area contributed by atoms with Gasteiger partial charge in [0.25, 0.3) is 5.56 Å². The summed E-state index contributed by atoms with van der Waals surface area (Å²) in [7, 11) is 0. The maximum absolute atomic E-state index is 12.6. The van der Waals surface area contributed by atoms with Gasteiger partial charge in [-0.1, -0.05) is 0 Å². The zero-order valence-electron chi connectivity index (χ0n) is 7.60. The van der Waals surface area contributed by atoms with Crippen LogP contribution in [0.2, 0.25) is 0 Å². The second-order valence-electron chi connectivity index (χ2n) is 3.09. The number of alkyl halides is 3. The molecule has 2 aromatic heterocycles. The van der Waals surface area contributed by atoms with Gasteiger partial charge in [-0.25, -0.2) is 0 Å². The Morgan fingerprint density at radius 2 is 1.94 bits per heavy atom. The molecule has 0 fully saturated rings. The molecule has 0 bridgehead atoms. The van der Waals surface area contributed by atoms with Crippen molar-refractivity contribution < 1.29 is 13.2 Å². The molecular formula is C9H4F3IN2O. The fourth-order valence-corrected chi connectivity index (χ4v) is 1.93. The molecule has 84 valence electrons. The molecule has 0 aromatic carbocycles. The number of halogens is 4. The van der Waals surface area contributed by atoms with Gasteiger partial charge in [0.05, 0.1) is 14.7 Å². The number of H-pyrrole nitrogens is 1. The Bertz CT molecular complexity index is 606. The van der Waals surface area contributed by atoms with Gasteiger partial charge in [-0.3, -0.25) is 9.78 Å². The second-order valence-corrected chi connectivity index (χ2v) is 4.25. The Labute approximate surface area is 101 Å². The molecule has 2 rings (SSSR count). The number of hydrogen-bond donors (Lipinski definition) is 1. The van der Waals surface area contributed by atoms with Gasteiger partial charge < -0.3 is 4.98 Å². The first-order valence-corrected chi connectivity index (χ1v) is 5.21. The summed E-state index contributed by atoms with van der Waals surface area (Å²) in [6.07, 6.45) is -2.67. The standard InChI is InChI=1S/C9H4F3IN2O/c10-9(11,12)6-3-14-2-5-4(6)1-7(13)15-8(5)16/h1-3H,(H,15,16). The van der Waals surface area contributed by atoms with Crippen molar-refractivity contribution in [3.8, 4) is 0 Å². The van der Waals surface area contributed by atoms with E-state index in [-0.39, 0.29) is 10.8 Å². The van der Waals surface area contributed by atoms with Crippen LogP contribution in [-0.4, -0.2) is 9.97 Å². The first-order valence-electron chi connectivity index (χ1n) is 4.13. The van der Waals surface area contributed by atoms with Crippen molar-refractivity contribution >= 4 is 33.4 Å². The van der Waals surface area contributed by atoms with Gasteiger partial charge in [-0.15, -0.1) is 0 Å². The average Bonchev–Trinajstić information content (AvgIpc) is 2.15. The van der Waals surface area contributed by atoms with Crippen LogP contribution in [0.5, 0.6) is 0 Å². The molecule has 0 radical (unpaired) electrons. The highest BCUT2D eigenvalue weighted by Crippen LogP contribution is 2.33. The number of pyridine rings is 2. The van der Waals surface area contributed by atoms with Crippen molar-refractivity contribution in [3.05, 3.63) is 38.1 Å². The van der Waals surface area contributed by atoms with Gasteiger partial charge in [0.2, 0.25) is 0 Å². The largest absolute Gasteiger partial charge is 0.418 e. The maximum Gasteiger partial charge on any atom is 0.418 e. The van der Waals surface area contributed by atoms with E-state index in [1.807, 2.05) is 0 Å². The van der Waals surface area contributed by atoms with Crippen molar-refractivity contribution in [3.63, 3.8) is 0 Å². The molecule has 0 saturated heterocycles. The van der Waals surface area contributed by atoms with Crippen LogP contribution in [0, 0.1) is 3.70 Å². The summed E-state index contributed by atoms with van der Waals surface area (Å²) in [5.74, 6) is 0. The molecule has 0 atom stereocenters. The van der Waals surface area contributed by atoms with E-state index >= 15 is 0 Å². The molecule has 0 aliphatic rings. The van der Waals surface area contributed by atoms with Gasteiger partial charge in [-0.2, -0.15) is 13.2 Å². The zero-order chi connectivity index (χ0) is 11.9. The molecule has 0 aliphatic carbocycles. The second kappa shape index (κ2) is 3.72. The SMILES string of the molecule is O=c1[nH]c(I)cc2c(C(F)(F)F)cncc12. The van der Waals surface area contributed by atoms with E-state index in [1.54, 1.807) is 22.6 Å². The van der Waals surface area contributed by atoms with Gasteiger partial charge in [0.1, 0.15) is 0 Å². The number of rotatable bonds is 0. The minimum absolute atomic E-state index is 0.0600. The topological polar surface area (TPSA) is 45.8 Å². The van der Waals surface area contributed by atoms with Crippen LogP contribution in [0.3, 0.4) is 0 Å². The van der Waals surface area contributed by atoms with Crippen LogP contribution in [0.4, 0.5) is 13.2 Å². The molecule has 16 heavy (non-hydrogen) atoms. The molecule has 1 N–H and O–H groups in total. The highest BCUT2D eigenvalue weighted by Gasteiger charge is 2.33. The van der Waals surface area contributed by atoms with Crippen LogP contribution in [0.25, 0.3) is 10.8 Å². The summed E-state index contributed by atoms with van der Waals surface area (Å²) < 4.78 is 38.2. The third-order valence-electron chi connectivity index (χ3n) is 2.04. The first kappa shape index (κ1) is 11.4. The van der Waals surface area contributed by atoms with Crippen molar-refractivity contribution in [2.45, 2.75) is 6.18 Å². The van der Waals surface area contributed by atoms with E-state index in [0.29, 0.717) is 3.70 Å². The van der Waals surface area contributed by atoms with Gasteiger partial charge >= 0.3 is 6.18 Å². The zero-order valence-corrected chi connectivity index (χ0v) is 9.76. The number of hydrogen-bond acceptors (Lipinski definition) is 2. The van der Waals surface area contributed by atoms with Gasteiger partial charge in [-0.05, 0) is 28.7 Å². The number of nitrogens with one attached hydrogen (secondary N) is 1. The summed E-state index contributed by atoms with van der Waals surface area (Å²) in [6.45, 7) is 0. The van der Waals surface area contributed by atoms with Crippen LogP contribution in [-0.2, 0) is 6.18 Å². The smallest absolute Gasteiger partial charge is 0.317 e. The van der Waals surface area contributed by atoms with E-state index in [4.69, 9.17) is 0 Å². The number of aromatic nitrogens is 2. The highest BCUT2D eigenvalue weighted by molar-refractivity contribution is 14.1. The van der Waals surface area contributed by atoms with Gasteiger partial charge in [0.15, 0.2) is 0 Å². The summed E-state index contributed by atoms with van der Waals surface area (Å²) in [6, 6.07) is 1.28. The predicted molar refractivity (Wildman–Crippen MR) is 60.1 cm³/mol. The van der Waals surface area contributed by atoms with Crippen molar-refractivity contribution in [2.75, 3.05) is 0 Å². The molecule has 2 heterocycles. The molecule has 0 saturated carbocycles. The number of fused-ring (bicyclic) bond motifs is 1. The van der Waals surface area contributed by atoms with Crippen molar-refractivity contribution in [2.24, 2.45) is 0 Å². The molecule has 0 unspecified atom stereocenters. The average molecular weight is 340 g/mol. The lowest BCUT2D eigenvalue weighted by Crippen LogP contribution is -2.12. The van der Waals surface area contributed by atoms with Gasteiger partial charge in [0, 0.05) is 17.8 Å². The Kier molecular flexibility index (Phi) is 2.64. The van der Waals surface area contributed by atoms with E-state index < -0.39 is 17.3 Å². The molecule has 3 nitrogen and oxygen atoms in total. The first-order chi connectivity index (χ1) is 7.39. The lowest BCUT2D eigenvalue weighted by atomic mass is 10.1. The molecule has 7 heteroatoms. The summed E-state index contributed by atoms with van der Waals surface area (Å²) in [5, 5.41) is -0.189. The van der Waals surface area contributed by atoms with E-state index in [2.05, 4.69) is 9.97 Å². The van der Waals surface area contributed by atoms with Crippen LogP contribution >= 0.6 is 22.6 Å². The maximum atomic E-state index is 12.6. The highest BCUT2D eigenvalue weighted by atomic mass is 127. The van der Waals surface area contributed by atoms with Crippen molar-refractivity contribution in [1.82, 2.24) is 9.97 Å². The Morgan fingerprint density at radius 3 is 2.56 bits per heavy atom. The molecular weight excluding hydrogens is 336 g/mol. The summed E-state index contributed by atoms with van der Waals surface area (Å²) in [5.41, 5.74) is -1.46. The molecule has 0 spiro atoms. The third kappa shape index (κ3) is 1.91. The monoisotopic (exact) mass is 340 g/mol. The quantitative estimate of drug-likeness (QED) is 0.592. The minimum Gasteiger partial charge on any atom is -0.317 e. The van der Waals surface area contributed by atoms with E-state index in [0.717, 1.165) is 12.4 Å². The Morgan fingerprint density at radius 1 is 1.25 bits per heavy atom. The number of aromatic amines is 1. The Hall–Kier alpha value is -1.12. The lowest BCUT2D eigenvalue weighted by Gasteiger charge is -2.09. The van der Waals surface area contributed by atoms with Crippen LogP contribution in [0.15, 0.2) is 23.3 Å². The van der Waals surface area contributed by atoms with Crippen LogP contribution in [0.1, 0.15) is 5.56 Å². The minimum atomic E-state index is -4.51. The summed E-state index contributed by atoms with van der Waals surface area (Å²) in [4.78, 5) is 17.3. The Balaban J connectivity index is 2.93. The fraction of sp³-hybridized carbons (Fsp3) is 0.111. The third-order valence-corrected chi connectivity index (χ3v) is 2.62. The number of nitrogens with zero attached hydrogens (tertiary/aromatic N) is 1. The molecule has 0 amide bonds. The molecule has 2 aromatic rings. The van der Waals surface area contributed by atoms with E-state index in [9.17, 15) is 18.0 Å². The fourth-order valence-electron chi connectivity index (χ4n) is 1.37. The van der Waals surface area contributed by atoms with Crippen molar-refractivity contribution in [1.29, 1.82) is 0 Å². The predicted octanol–water partition coefficient (Wildman–Crippen LogP) is 2.55. The van der Waals surface area contributed by atoms with Crippen LogP contribution < -0.4 is 5.56 Å².